The van der Waals surface area contributed by atoms with Gasteiger partial charge >= 0.3 is 0 Å². The Kier molecular flexibility index (Phi) is 3.05. The molecule has 2 aliphatic heterocycles. The molecule has 2 fully saturated rings. The summed E-state index contributed by atoms with van der Waals surface area (Å²) in [5.74, 6) is 0.518. The standard InChI is InChI=1S/C16H19N3O2/c1-12-15(18-14-6-3-2-5-13(14)17-12)19-8-4-7-16(11-19)20-9-10-21-16/h2-3,5-6H,4,7-11H2,1H3. The highest BCUT2D eigenvalue weighted by Gasteiger charge is 2.41. The molecule has 0 saturated carbocycles. The number of aromatic nitrogens is 2. The maximum absolute atomic E-state index is 5.85. The summed E-state index contributed by atoms with van der Waals surface area (Å²) in [6, 6.07) is 8.00. The van der Waals surface area contributed by atoms with Crippen molar-refractivity contribution in [1.29, 1.82) is 0 Å². The van der Waals surface area contributed by atoms with Gasteiger partial charge in [-0.15, -0.1) is 0 Å². The Labute approximate surface area is 123 Å². The predicted molar refractivity (Wildman–Crippen MR) is 80.4 cm³/mol. The van der Waals surface area contributed by atoms with Gasteiger partial charge in [0.15, 0.2) is 11.6 Å². The molecule has 0 amide bonds. The van der Waals surface area contributed by atoms with Gasteiger partial charge in [-0.1, -0.05) is 12.1 Å². The second-order valence-corrected chi connectivity index (χ2v) is 5.75. The molecule has 0 atom stereocenters. The molecule has 4 rings (SSSR count). The monoisotopic (exact) mass is 285 g/mol. The highest BCUT2D eigenvalue weighted by Crippen LogP contribution is 2.33. The van der Waals surface area contributed by atoms with E-state index in [1.807, 2.05) is 31.2 Å². The summed E-state index contributed by atoms with van der Waals surface area (Å²) in [5.41, 5.74) is 2.84. The first-order valence-electron chi connectivity index (χ1n) is 7.52. The van der Waals surface area contributed by atoms with Gasteiger partial charge in [-0.05, 0) is 25.5 Å². The van der Waals surface area contributed by atoms with Gasteiger partial charge in [0.2, 0.25) is 0 Å². The Morgan fingerprint density at radius 3 is 2.57 bits per heavy atom. The fourth-order valence-electron chi connectivity index (χ4n) is 3.28. The second-order valence-electron chi connectivity index (χ2n) is 5.75. The van der Waals surface area contributed by atoms with Crippen molar-refractivity contribution >= 4 is 16.9 Å². The van der Waals surface area contributed by atoms with Crippen molar-refractivity contribution in [2.24, 2.45) is 0 Å². The Morgan fingerprint density at radius 1 is 1.10 bits per heavy atom. The number of anilines is 1. The molecule has 5 nitrogen and oxygen atoms in total. The molecule has 0 unspecified atom stereocenters. The first kappa shape index (κ1) is 13.0. The van der Waals surface area contributed by atoms with Crippen LogP contribution in [0.15, 0.2) is 24.3 Å². The number of fused-ring (bicyclic) bond motifs is 1. The van der Waals surface area contributed by atoms with Crippen LogP contribution >= 0.6 is 0 Å². The third-order valence-corrected chi connectivity index (χ3v) is 4.25. The van der Waals surface area contributed by atoms with E-state index in [1.165, 1.54) is 0 Å². The summed E-state index contributed by atoms with van der Waals surface area (Å²) in [7, 11) is 0. The van der Waals surface area contributed by atoms with Gasteiger partial charge < -0.3 is 14.4 Å². The van der Waals surface area contributed by atoms with Gasteiger partial charge in [-0.25, -0.2) is 9.97 Å². The second kappa shape index (κ2) is 4.93. The summed E-state index contributed by atoms with van der Waals surface area (Å²) in [6.07, 6.45) is 2.01. The summed E-state index contributed by atoms with van der Waals surface area (Å²) < 4.78 is 11.7. The van der Waals surface area contributed by atoms with Gasteiger partial charge in [-0.3, -0.25) is 0 Å². The van der Waals surface area contributed by atoms with Crippen molar-refractivity contribution < 1.29 is 9.47 Å². The van der Waals surface area contributed by atoms with E-state index >= 15 is 0 Å². The fourth-order valence-corrected chi connectivity index (χ4v) is 3.28. The Balaban J connectivity index is 1.70. The molecule has 1 aromatic heterocycles. The van der Waals surface area contributed by atoms with Crippen LogP contribution < -0.4 is 4.90 Å². The molecule has 2 saturated heterocycles. The van der Waals surface area contributed by atoms with E-state index < -0.39 is 5.79 Å². The Bertz CT molecular complexity index is 668. The van der Waals surface area contributed by atoms with Gasteiger partial charge in [0, 0.05) is 13.0 Å². The van der Waals surface area contributed by atoms with Crippen LogP contribution in [0.2, 0.25) is 0 Å². The maximum atomic E-state index is 5.85. The molecule has 2 aromatic rings. The summed E-state index contributed by atoms with van der Waals surface area (Å²) in [4.78, 5) is 11.7. The molecule has 0 aliphatic carbocycles. The molecule has 3 heterocycles. The topological polar surface area (TPSA) is 47.5 Å². The molecular formula is C16H19N3O2. The van der Waals surface area contributed by atoms with Crippen molar-refractivity contribution in [2.75, 3.05) is 31.2 Å². The highest BCUT2D eigenvalue weighted by atomic mass is 16.7. The van der Waals surface area contributed by atoms with Crippen LogP contribution in [-0.4, -0.2) is 42.1 Å². The smallest absolute Gasteiger partial charge is 0.186 e. The van der Waals surface area contributed by atoms with Gasteiger partial charge in [0.1, 0.15) is 0 Å². The van der Waals surface area contributed by atoms with E-state index in [9.17, 15) is 0 Å². The zero-order valence-corrected chi connectivity index (χ0v) is 12.2. The molecule has 0 N–H and O–H groups in total. The van der Waals surface area contributed by atoms with E-state index in [-0.39, 0.29) is 0 Å². The minimum atomic E-state index is -0.433. The van der Waals surface area contributed by atoms with Crippen LogP contribution in [0.5, 0.6) is 0 Å². The third kappa shape index (κ3) is 2.26. The number of ether oxygens (including phenoxy) is 2. The van der Waals surface area contributed by atoms with Gasteiger partial charge in [0.25, 0.3) is 0 Å². The first-order valence-corrected chi connectivity index (χ1v) is 7.52. The largest absolute Gasteiger partial charge is 0.350 e. The van der Waals surface area contributed by atoms with Gasteiger partial charge in [-0.2, -0.15) is 0 Å². The molecule has 21 heavy (non-hydrogen) atoms. The molecule has 5 heteroatoms. The number of piperidine rings is 1. The zero-order chi connectivity index (χ0) is 14.3. The molecule has 0 bridgehead atoms. The lowest BCUT2D eigenvalue weighted by atomic mass is 10.0. The molecule has 1 aromatic carbocycles. The quantitative estimate of drug-likeness (QED) is 0.804. The van der Waals surface area contributed by atoms with Crippen LogP contribution in [0, 0.1) is 6.92 Å². The third-order valence-electron chi connectivity index (χ3n) is 4.25. The number of hydrogen-bond acceptors (Lipinski definition) is 5. The average molecular weight is 285 g/mol. The predicted octanol–water partition coefficient (Wildman–Crippen LogP) is 2.28. The molecular weight excluding hydrogens is 266 g/mol. The number of para-hydroxylation sites is 2. The fraction of sp³-hybridized carbons (Fsp3) is 0.500. The minimum Gasteiger partial charge on any atom is -0.350 e. The van der Waals surface area contributed by atoms with Crippen molar-refractivity contribution in [3.63, 3.8) is 0 Å². The van der Waals surface area contributed by atoms with Crippen molar-refractivity contribution in [2.45, 2.75) is 25.6 Å². The van der Waals surface area contributed by atoms with Crippen LogP contribution in [0.4, 0.5) is 5.82 Å². The van der Waals surface area contributed by atoms with E-state index in [4.69, 9.17) is 14.5 Å². The Hall–Kier alpha value is -1.72. The van der Waals surface area contributed by atoms with E-state index in [0.717, 1.165) is 48.5 Å². The number of nitrogens with zero attached hydrogens (tertiary/aromatic N) is 3. The lowest BCUT2D eigenvalue weighted by Crippen LogP contribution is -2.49. The first-order chi connectivity index (χ1) is 10.3. The Morgan fingerprint density at radius 2 is 1.81 bits per heavy atom. The van der Waals surface area contributed by atoms with E-state index in [0.29, 0.717) is 13.2 Å². The highest BCUT2D eigenvalue weighted by molar-refractivity contribution is 5.76. The van der Waals surface area contributed by atoms with E-state index in [1.54, 1.807) is 0 Å². The number of rotatable bonds is 1. The van der Waals surface area contributed by atoms with Crippen molar-refractivity contribution in [3.8, 4) is 0 Å². The number of benzene rings is 1. The normalized spacial score (nSPS) is 21.3. The van der Waals surface area contributed by atoms with Crippen molar-refractivity contribution in [1.82, 2.24) is 9.97 Å². The number of aryl methyl sites for hydroxylation is 1. The average Bonchev–Trinajstić information content (AvgIpc) is 2.94. The zero-order valence-electron chi connectivity index (χ0n) is 12.2. The SMILES string of the molecule is Cc1nc2ccccc2nc1N1CCCC2(C1)OCCO2. The summed E-state index contributed by atoms with van der Waals surface area (Å²) in [6.45, 7) is 5.11. The van der Waals surface area contributed by atoms with Crippen LogP contribution in [0.1, 0.15) is 18.5 Å². The summed E-state index contributed by atoms with van der Waals surface area (Å²) >= 11 is 0. The van der Waals surface area contributed by atoms with Crippen LogP contribution in [0.25, 0.3) is 11.0 Å². The van der Waals surface area contributed by atoms with Gasteiger partial charge in [0.05, 0.1) is 36.5 Å². The van der Waals surface area contributed by atoms with Crippen LogP contribution in [-0.2, 0) is 9.47 Å². The molecule has 2 aliphatic rings. The molecule has 1 spiro atoms. The van der Waals surface area contributed by atoms with E-state index in [2.05, 4.69) is 9.88 Å². The molecule has 0 radical (unpaired) electrons. The number of hydrogen-bond donors (Lipinski definition) is 0. The lowest BCUT2D eigenvalue weighted by molar-refractivity contribution is -0.161. The van der Waals surface area contributed by atoms with Crippen LogP contribution in [0.3, 0.4) is 0 Å². The summed E-state index contributed by atoms with van der Waals surface area (Å²) in [5, 5.41) is 0. The minimum absolute atomic E-state index is 0.433. The maximum Gasteiger partial charge on any atom is 0.186 e. The molecule has 110 valence electrons. The van der Waals surface area contributed by atoms with Crippen molar-refractivity contribution in [3.05, 3.63) is 30.0 Å². The lowest BCUT2D eigenvalue weighted by Gasteiger charge is -2.39.